The van der Waals surface area contributed by atoms with Crippen molar-refractivity contribution in [1.29, 1.82) is 5.26 Å². The minimum Gasteiger partial charge on any atom is -0.481 e. The Morgan fingerprint density at radius 3 is 3.21 bits per heavy atom. The first-order valence-corrected chi connectivity index (χ1v) is 4.23. The van der Waals surface area contributed by atoms with E-state index in [9.17, 15) is 4.79 Å². The minimum atomic E-state index is -0.161. The quantitative estimate of drug-likeness (QED) is 0.717. The monoisotopic (exact) mass is 188 g/mol. The summed E-state index contributed by atoms with van der Waals surface area (Å²) in [6, 6.07) is 7.42. The Morgan fingerprint density at radius 1 is 1.57 bits per heavy atom. The topological polar surface area (TPSA) is 62.1 Å². The zero-order valence-electron chi connectivity index (χ0n) is 7.41. The number of nitrogens with one attached hydrogen (secondary N) is 1. The minimum absolute atomic E-state index is 0.0233. The highest BCUT2D eigenvalue weighted by Gasteiger charge is 2.18. The molecule has 4 nitrogen and oxygen atoms in total. The Kier molecular flexibility index (Phi) is 2.07. The highest BCUT2D eigenvalue weighted by Crippen LogP contribution is 2.31. The molecule has 0 unspecified atom stereocenters. The second kappa shape index (κ2) is 3.38. The number of fused-ring (bicyclic) bond motifs is 1. The lowest BCUT2D eigenvalue weighted by molar-refractivity contribution is -0.118. The second-order valence-electron chi connectivity index (χ2n) is 2.97. The highest BCUT2D eigenvalue weighted by molar-refractivity contribution is 5.95. The summed E-state index contributed by atoms with van der Waals surface area (Å²) in [4.78, 5) is 11.0. The fraction of sp³-hybridized carbons (Fsp3) is 0.200. The first-order chi connectivity index (χ1) is 6.81. The van der Waals surface area contributed by atoms with Crippen LogP contribution in [-0.2, 0) is 11.2 Å². The number of para-hydroxylation sites is 1. The van der Waals surface area contributed by atoms with Gasteiger partial charge >= 0.3 is 0 Å². The molecule has 0 aromatic heterocycles. The van der Waals surface area contributed by atoms with Crippen molar-refractivity contribution >= 4 is 11.6 Å². The molecular weight excluding hydrogens is 180 g/mol. The summed E-state index contributed by atoms with van der Waals surface area (Å²) in [7, 11) is 0. The Labute approximate surface area is 81.1 Å². The Hall–Kier alpha value is -2.02. The van der Waals surface area contributed by atoms with Gasteiger partial charge in [-0.3, -0.25) is 4.79 Å². The maximum atomic E-state index is 11.0. The number of amides is 1. The molecule has 0 spiro atoms. The SMILES string of the molecule is N#CCc1cccc2c1OCC(=O)N2. The summed E-state index contributed by atoms with van der Waals surface area (Å²) < 4.78 is 5.26. The summed E-state index contributed by atoms with van der Waals surface area (Å²) in [5, 5.41) is 11.3. The van der Waals surface area contributed by atoms with Gasteiger partial charge in [0, 0.05) is 5.56 Å². The molecule has 0 fully saturated rings. The van der Waals surface area contributed by atoms with Crippen LogP contribution in [0.2, 0.25) is 0 Å². The van der Waals surface area contributed by atoms with E-state index in [1.807, 2.05) is 6.07 Å². The predicted octanol–water partition coefficient (Wildman–Crippen LogP) is 1.08. The number of carbonyl (C=O) groups excluding carboxylic acids is 1. The number of benzene rings is 1. The average molecular weight is 188 g/mol. The number of carbonyl (C=O) groups is 1. The molecule has 2 rings (SSSR count). The number of rotatable bonds is 1. The largest absolute Gasteiger partial charge is 0.481 e. The zero-order valence-corrected chi connectivity index (χ0v) is 7.41. The van der Waals surface area contributed by atoms with Gasteiger partial charge in [0.15, 0.2) is 6.61 Å². The lowest BCUT2D eigenvalue weighted by atomic mass is 10.1. The molecule has 0 aliphatic carbocycles. The fourth-order valence-corrected chi connectivity index (χ4v) is 1.40. The molecule has 1 aliphatic rings. The van der Waals surface area contributed by atoms with E-state index in [1.54, 1.807) is 12.1 Å². The van der Waals surface area contributed by atoms with Crippen molar-refractivity contribution in [3.63, 3.8) is 0 Å². The summed E-state index contributed by atoms with van der Waals surface area (Å²) >= 11 is 0. The van der Waals surface area contributed by atoms with E-state index in [4.69, 9.17) is 10.00 Å². The zero-order chi connectivity index (χ0) is 9.97. The third kappa shape index (κ3) is 1.40. The van der Waals surface area contributed by atoms with Gasteiger partial charge in [0.05, 0.1) is 18.2 Å². The van der Waals surface area contributed by atoms with Crippen LogP contribution < -0.4 is 10.1 Å². The van der Waals surface area contributed by atoms with Crippen molar-refractivity contribution in [2.45, 2.75) is 6.42 Å². The molecule has 14 heavy (non-hydrogen) atoms. The third-order valence-electron chi connectivity index (χ3n) is 1.99. The van der Waals surface area contributed by atoms with E-state index in [2.05, 4.69) is 11.4 Å². The van der Waals surface area contributed by atoms with Crippen LogP contribution >= 0.6 is 0 Å². The Balaban J connectivity index is 2.42. The summed E-state index contributed by atoms with van der Waals surface area (Å²) in [5.74, 6) is 0.459. The van der Waals surface area contributed by atoms with Crippen LogP contribution in [0.5, 0.6) is 5.75 Å². The number of hydrogen-bond donors (Lipinski definition) is 1. The number of nitrogens with zero attached hydrogens (tertiary/aromatic N) is 1. The first-order valence-electron chi connectivity index (χ1n) is 4.23. The van der Waals surface area contributed by atoms with Crippen LogP contribution in [0.15, 0.2) is 18.2 Å². The average Bonchev–Trinajstić information content (AvgIpc) is 2.18. The van der Waals surface area contributed by atoms with Crippen LogP contribution in [0, 0.1) is 11.3 Å². The summed E-state index contributed by atoms with van der Waals surface area (Å²) in [5.41, 5.74) is 1.46. The van der Waals surface area contributed by atoms with Gasteiger partial charge in [-0.15, -0.1) is 0 Å². The molecule has 0 saturated carbocycles. The molecule has 1 aromatic carbocycles. The van der Waals surface area contributed by atoms with Crippen molar-refractivity contribution in [1.82, 2.24) is 0 Å². The Bertz CT molecular complexity index is 421. The van der Waals surface area contributed by atoms with Crippen molar-refractivity contribution in [2.75, 3.05) is 11.9 Å². The first kappa shape index (κ1) is 8.57. The van der Waals surface area contributed by atoms with E-state index in [0.29, 0.717) is 17.9 Å². The number of ether oxygens (including phenoxy) is 1. The van der Waals surface area contributed by atoms with Crippen LogP contribution in [-0.4, -0.2) is 12.5 Å². The molecule has 0 radical (unpaired) electrons. The molecule has 1 N–H and O–H groups in total. The van der Waals surface area contributed by atoms with Crippen molar-refractivity contribution in [3.05, 3.63) is 23.8 Å². The highest BCUT2D eigenvalue weighted by atomic mass is 16.5. The maximum absolute atomic E-state index is 11.0. The number of anilines is 1. The van der Waals surface area contributed by atoms with E-state index in [1.165, 1.54) is 0 Å². The van der Waals surface area contributed by atoms with Gasteiger partial charge in [-0.1, -0.05) is 12.1 Å². The van der Waals surface area contributed by atoms with E-state index >= 15 is 0 Å². The molecule has 4 heteroatoms. The van der Waals surface area contributed by atoms with Crippen molar-refractivity contribution in [3.8, 4) is 11.8 Å². The van der Waals surface area contributed by atoms with Crippen LogP contribution in [0.3, 0.4) is 0 Å². The maximum Gasteiger partial charge on any atom is 0.262 e. The van der Waals surface area contributed by atoms with Crippen LogP contribution in [0.25, 0.3) is 0 Å². The second-order valence-corrected chi connectivity index (χ2v) is 2.97. The predicted molar refractivity (Wildman–Crippen MR) is 49.9 cm³/mol. The molecule has 0 atom stereocenters. The molecular formula is C10H8N2O2. The standard InChI is InChI=1S/C10H8N2O2/c11-5-4-7-2-1-3-8-10(7)14-6-9(13)12-8/h1-3H,4,6H2,(H,12,13). The number of hydrogen-bond acceptors (Lipinski definition) is 3. The molecule has 0 saturated heterocycles. The van der Waals surface area contributed by atoms with Crippen molar-refractivity contribution in [2.24, 2.45) is 0 Å². The smallest absolute Gasteiger partial charge is 0.262 e. The van der Waals surface area contributed by atoms with Gasteiger partial charge in [0.1, 0.15) is 5.75 Å². The van der Waals surface area contributed by atoms with Gasteiger partial charge in [-0.05, 0) is 6.07 Å². The Morgan fingerprint density at radius 2 is 2.43 bits per heavy atom. The molecule has 1 heterocycles. The normalized spacial score (nSPS) is 13.5. The van der Waals surface area contributed by atoms with Gasteiger partial charge < -0.3 is 10.1 Å². The van der Waals surface area contributed by atoms with E-state index < -0.39 is 0 Å². The van der Waals surface area contributed by atoms with E-state index in [0.717, 1.165) is 5.56 Å². The van der Waals surface area contributed by atoms with Crippen LogP contribution in [0.1, 0.15) is 5.56 Å². The van der Waals surface area contributed by atoms with Crippen LogP contribution in [0.4, 0.5) is 5.69 Å². The molecule has 1 aliphatic heterocycles. The lowest BCUT2D eigenvalue weighted by Gasteiger charge is -2.19. The molecule has 70 valence electrons. The summed E-state index contributed by atoms with van der Waals surface area (Å²) in [6.07, 6.45) is 0.291. The molecule has 0 bridgehead atoms. The van der Waals surface area contributed by atoms with Gasteiger partial charge in [0.2, 0.25) is 0 Å². The molecule has 1 amide bonds. The van der Waals surface area contributed by atoms with E-state index in [-0.39, 0.29) is 12.5 Å². The van der Waals surface area contributed by atoms with Crippen molar-refractivity contribution < 1.29 is 9.53 Å². The van der Waals surface area contributed by atoms with Gasteiger partial charge in [-0.2, -0.15) is 5.26 Å². The third-order valence-corrected chi connectivity index (χ3v) is 1.99. The lowest BCUT2D eigenvalue weighted by Crippen LogP contribution is -2.25. The number of nitriles is 1. The van der Waals surface area contributed by atoms with Gasteiger partial charge in [-0.25, -0.2) is 0 Å². The van der Waals surface area contributed by atoms with Gasteiger partial charge in [0.25, 0.3) is 5.91 Å². The summed E-state index contributed by atoms with van der Waals surface area (Å²) in [6.45, 7) is 0.0233. The molecule has 1 aromatic rings. The fourth-order valence-electron chi connectivity index (χ4n) is 1.40.